The van der Waals surface area contributed by atoms with E-state index in [-0.39, 0.29) is 11.5 Å². The molecule has 1 rings (SSSR count). The van der Waals surface area contributed by atoms with Crippen LogP contribution in [0.2, 0.25) is 0 Å². The van der Waals surface area contributed by atoms with Crippen LogP contribution in [0.15, 0.2) is 0 Å². The van der Waals surface area contributed by atoms with Gasteiger partial charge in [-0.3, -0.25) is 9.59 Å². The molecule has 0 bridgehead atoms. The zero-order valence-electron chi connectivity index (χ0n) is 9.71. The SMILES string of the molecule is CCCC1(C(C)=O)CCC(NC=O)CC1. The lowest BCUT2D eigenvalue weighted by Gasteiger charge is -2.38. The van der Waals surface area contributed by atoms with E-state index < -0.39 is 0 Å². The molecule has 1 fully saturated rings. The van der Waals surface area contributed by atoms with E-state index in [2.05, 4.69) is 12.2 Å². The number of hydrogen-bond donors (Lipinski definition) is 1. The van der Waals surface area contributed by atoms with Crippen LogP contribution in [0.1, 0.15) is 52.4 Å². The largest absolute Gasteiger partial charge is 0.356 e. The second kappa shape index (κ2) is 5.29. The van der Waals surface area contributed by atoms with Gasteiger partial charge in [0.1, 0.15) is 5.78 Å². The lowest BCUT2D eigenvalue weighted by Crippen LogP contribution is -2.40. The van der Waals surface area contributed by atoms with Crippen molar-refractivity contribution in [3.63, 3.8) is 0 Å². The van der Waals surface area contributed by atoms with Crippen molar-refractivity contribution in [2.24, 2.45) is 5.41 Å². The Labute approximate surface area is 91.6 Å². The summed E-state index contributed by atoms with van der Waals surface area (Å²) in [6.07, 6.45) is 6.58. The van der Waals surface area contributed by atoms with Gasteiger partial charge >= 0.3 is 0 Å². The fourth-order valence-corrected chi connectivity index (χ4v) is 2.69. The minimum atomic E-state index is -0.0875. The first kappa shape index (κ1) is 12.2. The lowest BCUT2D eigenvalue weighted by atomic mass is 9.67. The van der Waals surface area contributed by atoms with E-state index in [0.717, 1.165) is 44.9 Å². The summed E-state index contributed by atoms with van der Waals surface area (Å²) in [6.45, 7) is 3.84. The second-order valence-corrected chi connectivity index (χ2v) is 4.65. The van der Waals surface area contributed by atoms with Gasteiger partial charge in [-0.25, -0.2) is 0 Å². The first-order chi connectivity index (χ1) is 7.14. The summed E-state index contributed by atoms with van der Waals surface area (Å²) < 4.78 is 0. The molecule has 1 aliphatic carbocycles. The van der Waals surface area contributed by atoms with Crippen molar-refractivity contribution < 1.29 is 9.59 Å². The van der Waals surface area contributed by atoms with Gasteiger partial charge in [-0.05, 0) is 39.0 Å². The van der Waals surface area contributed by atoms with Crippen LogP contribution in [0.3, 0.4) is 0 Å². The highest BCUT2D eigenvalue weighted by Gasteiger charge is 2.38. The molecule has 0 radical (unpaired) electrons. The Hall–Kier alpha value is -0.860. The molecule has 3 nitrogen and oxygen atoms in total. The van der Waals surface area contributed by atoms with E-state index in [1.807, 2.05) is 0 Å². The van der Waals surface area contributed by atoms with Gasteiger partial charge in [0.15, 0.2) is 0 Å². The first-order valence-electron chi connectivity index (χ1n) is 5.85. The molecular weight excluding hydrogens is 190 g/mol. The van der Waals surface area contributed by atoms with Crippen molar-refractivity contribution in [2.75, 3.05) is 0 Å². The van der Waals surface area contributed by atoms with Gasteiger partial charge in [0.2, 0.25) is 6.41 Å². The van der Waals surface area contributed by atoms with Crippen LogP contribution in [0.5, 0.6) is 0 Å². The maximum Gasteiger partial charge on any atom is 0.207 e. The predicted molar refractivity (Wildman–Crippen MR) is 59.5 cm³/mol. The quantitative estimate of drug-likeness (QED) is 0.707. The molecular formula is C12H21NO2. The molecule has 0 aromatic carbocycles. The highest BCUT2D eigenvalue weighted by Crippen LogP contribution is 2.40. The van der Waals surface area contributed by atoms with Crippen LogP contribution in [0.4, 0.5) is 0 Å². The fourth-order valence-electron chi connectivity index (χ4n) is 2.69. The average Bonchev–Trinajstić information content (AvgIpc) is 2.21. The number of ketones is 1. The Balaban J connectivity index is 2.57. The summed E-state index contributed by atoms with van der Waals surface area (Å²) in [5, 5.41) is 2.81. The summed E-state index contributed by atoms with van der Waals surface area (Å²) in [5.74, 6) is 0.328. The molecule has 0 aromatic heterocycles. The van der Waals surface area contributed by atoms with Crippen LogP contribution in [0, 0.1) is 5.41 Å². The Morgan fingerprint density at radius 2 is 2.07 bits per heavy atom. The summed E-state index contributed by atoms with van der Waals surface area (Å²) in [4.78, 5) is 22.0. The van der Waals surface area contributed by atoms with E-state index in [9.17, 15) is 9.59 Å². The fraction of sp³-hybridized carbons (Fsp3) is 0.833. The molecule has 1 saturated carbocycles. The number of rotatable bonds is 5. The van der Waals surface area contributed by atoms with Gasteiger partial charge in [-0.1, -0.05) is 13.3 Å². The summed E-state index contributed by atoms with van der Waals surface area (Å²) in [6, 6.07) is 0.284. The summed E-state index contributed by atoms with van der Waals surface area (Å²) in [5.41, 5.74) is -0.0875. The van der Waals surface area contributed by atoms with Crippen molar-refractivity contribution >= 4 is 12.2 Å². The smallest absolute Gasteiger partial charge is 0.207 e. The zero-order valence-corrected chi connectivity index (χ0v) is 9.71. The van der Waals surface area contributed by atoms with E-state index in [0.29, 0.717) is 5.78 Å². The molecule has 0 aromatic rings. The Morgan fingerprint density at radius 1 is 1.47 bits per heavy atom. The third-order valence-corrected chi connectivity index (χ3v) is 3.72. The molecule has 1 amide bonds. The van der Waals surface area contributed by atoms with Crippen LogP contribution in [0.25, 0.3) is 0 Å². The minimum Gasteiger partial charge on any atom is -0.356 e. The van der Waals surface area contributed by atoms with Gasteiger partial charge in [-0.2, -0.15) is 0 Å². The molecule has 15 heavy (non-hydrogen) atoms. The van der Waals surface area contributed by atoms with Gasteiger partial charge in [0, 0.05) is 11.5 Å². The molecule has 0 saturated heterocycles. The third kappa shape index (κ3) is 2.80. The monoisotopic (exact) mass is 211 g/mol. The molecule has 0 atom stereocenters. The molecule has 3 heteroatoms. The number of hydrogen-bond acceptors (Lipinski definition) is 2. The zero-order chi connectivity index (χ0) is 11.3. The highest BCUT2D eigenvalue weighted by atomic mass is 16.1. The third-order valence-electron chi connectivity index (χ3n) is 3.72. The topological polar surface area (TPSA) is 46.2 Å². The molecule has 0 heterocycles. The van der Waals surface area contributed by atoms with Crippen molar-refractivity contribution in [2.45, 2.75) is 58.4 Å². The van der Waals surface area contributed by atoms with Gasteiger partial charge < -0.3 is 5.32 Å². The lowest BCUT2D eigenvalue weighted by molar-refractivity contribution is -0.129. The second-order valence-electron chi connectivity index (χ2n) is 4.65. The maximum atomic E-state index is 11.7. The highest BCUT2D eigenvalue weighted by molar-refractivity contribution is 5.82. The molecule has 86 valence electrons. The number of nitrogens with one attached hydrogen (secondary N) is 1. The summed E-state index contributed by atoms with van der Waals surface area (Å²) >= 11 is 0. The number of carbonyl (C=O) groups is 2. The van der Waals surface area contributed by atoms with Crippen LogP contribution >= 0.6 is 0 Å². The van der Waals surface area contributed by atoms with E-state index >= 15 is 0 Å². The molecule has 0 unspecified atom stereocenters. The number of Topliss-reactive ketones (excluding diaryl/α,β-unsaturated/α-hetero) is 1. The van der Waals surface area contributed by atoms with Crippen molar-refractivity contribution in [3.05, 3.63) is 0 Å². The normalized spacial score (nSPS) is 30.9. The van der Waals surface area contributed by atoms with Crippen LogP contribution in [-0.4, -0.2) is 18.2 Å². The standard InChI is InChI=1S/C12H21NO2/c1-3-6-12(10(2)15)7-4-11(5-8-12)13-9-14/h9,11H,3-8H2,1-2H3,(H,13,14). The minimum absolute atomic E-state index is 0.0875. The first-order valence-corrected chi connectivity index (χ1v) is 5.85. The van der Waals surface area contributed by atoms with Gasteiger partial charge in [0.05, 0.1) is 0 Å². The van der Waals surface area contributed by atoms with E-state index in [1.54, 1.807) is 6.92 Å². The van der Waals surface area contributed by atoms with E-state index in [1.165, 1.54) is 0 Å². The van der Waals surface area contributed by atoms with Crippen molar-refractivity contribution in [1.82, 2.24) is 5.32 Å². The van der Waals surface area contributed by atoms with Crippen molar-refractivity contribution in [1.29, 1.82) is 0 Å². The molecule has 0 aliphatic heterocycles. The van der Waals surface area contributed by atoms with Crippen LogP contribution < -0.4 is 5.32 Å². The van der Waals surface area contributed by atoms with Crippen molar-refractivity contribution in [3.8, 4) is 0 Å². The number of amides is 1. The molecule has 0 spiro atoms. The Bertz CT molecular complexity index is 230. The van der Waals surface area contributed by atoms with Gasteiger partial charge in [0.25, 0.3) is 0 Å². The molecule has 1 N–H and O–H groups in total. The molecule has 1 aliphatic rings. The average molecular weight is 211 g/mol. The predicted octanol–water partition coefficient (Wildman–Crippen LogP) is 2.05. The van der Waals surface area contributed by atoms with Gasteiger partial charge in [-0.15, -0.1) is 0 Å². The number of carbonyl (C=O) groups excluding carboxylic acids is 2. The van der Waals surface area contributed by atoms with E-state index in [4.69, 9.17) is 0 Å². The summed E-state index contributed by atoms with van der Waals surface area (Å²) in [7, 11) is 0. The maximum absolute atomic E-state index is 11.7. The Morgan fingerprint density at radius 3 is 2.47 bits per heavy atom. The van der Waals surface area contributed by atoms with Crippen LogP contribution in [-0.2, 0) is 9.59 Å². The Kier molecular flexibility index (Phi) is 4.30.